The molecule has 0 N–H and O–H groups in total. The van der Waals surface area contributed by atoms with Gasteiger partial charge in [0, 0.05) is 7.05 Å². The lowest BCUT2D eigenvalue weighted by Gasteiger charge is -2.09. The summed E-state index contributed by atoms with van der Waals surface area (Å²) in [5, 5.41) is 0.0142. The summed E-state index contributed by atoms with van der Waals surface area (Å²) in [6, 6.07) is 0. The van der Waals surface area contributed by atoms with Crippen LogP contribution in [0.25, 0.3) is 0 Å². The summed E-state index contributed by atoms with van der Waals surface area (Å²) >= 11 is 5.48. The molecule has 1 nitrogen and oxygen atoms in total. The molecule has 0 saturated carbocycles. The summed E-state index contributed by atoms with van der Waals surface area (Å²) in [4.78, 5) is 2.93. The van der Waals surface area contributed by atoms with Gasteiger partial charge in [0.05, 0.1) is 10.5 Å². The third-order valence-corrected chi connectivity index (χ3v) is 2.99. The minimum absolute atomic E-state index is 0.0142. The summed E-state index contributed by atoms with van der Waals surface area (Å²) in [5.41, 5.74) is -0.513. The van der Waals surface area contributed by atoms with Gasteiger partial charge in [0.15, 0.2) is 23.3 Å². The Labute approximate surface area is 99.4 Å². The van der Waals surface area contributed by atoms with Crippen molar-refractivity contribution in [3.05, 3.63) is 28.8 Å². The van der Waals surface area contributed by atoms with E-state index in [1.54, 1.807) is 0 Å². The van der Waals surface area contributed by atoms with Crippen molar-refractivity contribution >= 4 is 29.4 Å². The zero-order valence-electron chi connectivity index (χ0n) is 8.28. The quantitative estimate of drug-likeness (QED) is 0.249. The second kappa shape index (κ2) is 5.01. The number of hydrogen-bond donors (Lipinski definition) is 0. The van der Waals surface area contributed by atoms with Crippen LogP contribution >= 0.6 is 24.4 Å². The first-order chi connectivity index (χ1) is 7.45. The predicted molar refractivity (Wildman–Crippen MR) is 58.1 cm³/mol. The molecule has 16 heavy (non-hydrogen) atoms. The summed E-state index contributed by atoms with van der Waals surface area (Å²) in [5.74, 6) is -6.86. The van der Waals surface area contributed by atoms with E-state index in [1.807, 2.05) is 0 Å². The minimum atomic E-state index is -1.90. The smallest absolute Gasteiger partial charge is 0.199 e. The van der Waals surface area contributed by atoms with Crippen LogP contribution in [0.5, 0.6) is 0 Å². The van der Waals surface area contributed by atoms with E-state index in [-0.39, 0.29) is 5.04 Å². The fraction of sp³-hybridized carbons (Fsp3) is 0.222. The highest BCUT2D eigenvalue weighted by Gasteiger charge is 2.26. The number of rotatable bonds is 1. The van der Waals surface area contributed by atoms with Crippen LogP contribution in [0.1, 0.15) is 5.56 Å². The summed E-state index contributed by atoms with van der Waals surface area (Å²) in [6.45, 7) is 0. The molecule has 7 heteroatoms. The molecule has 1 radical (unpaired) electrons. The summed E-state index contributed by atoms with van der Waals surface area (Å²) in [6.07, 6.45) is 1.54. The van der Waals surface area contributed by atoms with E-state index in [1.165, 1.54) is 13.3 Å². The van der Waals surface area contributed by atoms with Gasteiger partial charge in [-0.05, 0) is 6.26 Å². The van der Waals surface area contributed by atoms with Crippen molar-refractivity contribution < 1.29 is 17.6 Å². The monoisotopic (exact) mass is 268 g/mol. The van der Waals surface area contributed by atoms with Crippen LogP contribution < -0.4 is 0 Å². The topological polar surface area (TPSA) is 12.4 Å². The van der Waals surface area contributed by atoms with Crippen LogP contribution in [0.2, 0.25) is 0 Å². The van der Waals surface area contributed by atoms with Crippen molar-refractivity contribution in [2.24, 2.45) is 4.99 Å². The van der Waals surface area contributed by atoms with Crippen LogP contribution in [0.15, 0.2) is 9.89 Å². The molecule has 1 rings (SSSR count). The number of nitrogens with zero attached hydrogens (tertiary/aromatic N) is 1. The Bertz CT molecular complexity index is 430. The molecule has 0 aliphatic carbocycles. The Hall–Kier alpha value is -0.820. The van der Waals surface area contributed by atoms with E-state index in [0.717, 1.165) is 11.8 Å². The maximum absolute atomic E-state index is 13.4. The molecule has 0 aromatic heterocycles. The number of hydrogen-bond acceptors (Lipinski definition) is 2. The average molecular weight is 268 g/mol. The molecule has 87 valence electrons. The van der Waals surface area contributed by atoms with Gasteiger partial charge in [0.25, 0.3) is 0 Å². The van der Waals surface area contributed by atoms with Gasteiger partial charge in [0.2, 0.25) is 0 Å². The molecule has 0 spiro atoms. The lowest BCUT2D eigenvalue weighted by Crippen LogP contribution is -2.08. The second-order valence-corrected chi connectivity index (χ2v) is 3.90. The lowest BCUT2D eigenvalue weighted by atomic mass is 10.2. The highest BCUT2D eigenvalue weighted by Crippen LogP contribution is 2.29. The van der Waals surface area contributed by atoms with Crippen molar-refractivity contribution in [1.29, 1.82) is 0 Å². The molecule has 1 aromatic carbocycles. The van der Waals surface area contributed by atoms with Crippen molar-refractivity contribution in [2.45, 2.75) is 4.90 Å². The Morgan fingerprint density at radius 1 is 1.06 bits per heavy atom. The molecule has 1 aromatic rings. The number of thioether (sulfide) groups is 1. The largest absolute Gasteiger partial charge is 0.281 e. The number of aliphatic imine (C=N–C) groups is 1. The normalized spacial score (nSPS) is 12.0. The highest BCUT2D eigenvalue weighted by atomic mass is 32.2. The molecule has 0 heterocycles. The maximum atomic E-state index is 13.4. The van der Waals surface area contributed by atoms with Crippen LogP contribution in [0.3, 0.4) is 0 Å². The summed E-state index contributed by atoms with van der Waals surface area (Å²) in [7, 11) is 1.32. The molecule has 0 bridgehead atoms. The second-order valence-electron chi connectivity index (χ2n) is 2.69. The zero-order chi connectivity index (χ0) is 12.5. The van der Waals surface area contributed by atoms with Crippen LogP contribution in [-0.4, -0.2) is 18.3 Å². The molecule has 0 fully saturated rings. The van der Waals surface area contributed by atoms with E-state index in [2.05, 4.69) is 17.6 Å². The van der Waals surface area contributed by atoms with Gasteiger partial charge in [-0.1, -0.05) is 12.6 Å². The molecular formula is C9H6F4NS2. The Morgan fingerprint density at radius 2 is 1.56 bits per heavy atom. The lowest BCUT2D eigenvalue weighted by molar-refractivity contribution is 0.398. The predicted octanol–water partition coefficient (Wildman–Crippen LogP) is 3.54. The zero-order valence-corrected chi connectivity index (χ0v) is 9.91. The van der Waals surface area contributed by atoms with Gasteiger partial charge in [-0.2, -0.15) is 0 Å². The van der Waals surface area contributed by atoms with Crippen LogP contribution in [-0.2, 0) is 0 Å². The highest BCUT2D eigenvalue weighted by molar-refractivity contribution is 8.13. The van der Waals surface area contributed by atoms with Gasteiger partial charge >= 0.3 is 0 Å². The molecule has 0 aliphatic heterocycles. The van der Waals surface area contributed by atoms with Crippen molar-refractivity contribution in [3.8, 4) is 0 Å². The average Bonchev–Trinajstić information content (AvgIpc) is 2.29. The fourth-order valence-corrected chi connectivity index (χ4v) is 2.03. The van der Waals surface area contributed by atoms with E-state index >= 15 is 0 Å². The molecule has 0 saturated heterocycles. The number of benzene rings is 1. The van der Waals surface area contributed by atoms with Gasteiger partial charge < -0.3 is 0 Å². The molecule has 0 atom stereocenters. The van der Waals surface area contributed by atoms with Crippen LogP contribution in [0, 0.1) is 23.3 Å². The van der Waals surface area contributed by atoms with E-state index in [0.29, 0.717) is 0 Å². The standard InChI is InChI=1S/C9H6F4NS2/c1-14-9(16-2)3-4(10)5(11)6(12)7(13)8(3)15/h1-2H3. The Balaban J connectivity index is 3.64. The van der Waals surface area contributed by atoms with Gasteiger partial charge in [-0.15, -0.1) is 11.8 Å². The molecule has 0 amide bonds. The first-order valence-electron chi connectivity index (χ1n) is 3.99. The SMILES string of the molecule is CN=C(SC)c1c(F)c(F)c(F)c(F)c1[S]. The Kier molecular flexibility index (Phi) is 4.15. The molecule has 0 aliphatic rings. The molecular weight excluding hydrogens is 262 g/mol. The van der Waals surface area contributed by atoms with Gasteiger partial charge in [-0.3, -0.25) is 4.99 Å². The van der Waals surface area contributed by atoms with Crippen molar-refractivity contribution in [1.82, 2.24) is 0 Å². The molecule has 0 unspecified atom stereocenters. The maximum Gasteiger partial charge on any atom is 0.199 e. The van der Waals surface area contributed by atoms with E-state index < -0.39 is 33.7 Å². The first-order valence-corrected chi connectivity index (χ1v) is 5.63. The van der Waals surface area contributed by atoms with Gasteiger partial charge in [-0.25, -0.2) is 17.6 Å². The van der Waals surface area contributed by atoms with E-state index in [4.69, 9.17) is 0 Å². The summed E-state index contributed by atoms with van der Waals surface area (Å²) < 4.78 is 52.3. The first kappa shape index (κ1) is 13.2. The van der Waals surface area contributed by atoms with Crippen molar-refractivity contribution in [3.63, 3.8) is 0 Å². The number of halogens is 4. The fourth-order valence-electron chi connectivity index (χ4n) is 1.11. The van der Waals surface area contributed by atoms with Crippen molar-refractivity contribution in [2.75, 3.05) is 13.3 Å². The van der Waals surface area contributed by atoms with Crippen LogP contribution in [0.4, 0.5) is 17.6 Å². The van der Waals surface area contributed by atoms with Gasteiger partial charge in [0.1, 0.15) is 5.04 Å². The third kappa shape index (κ3) is 2.01. The third-order valence-electron chi connectivity index (χ3n) is 1.83. The minimum Gasteiger partial charge on any atom is -0.281 e. The van der Waals surface area contributed by atoms with E-state index in [9.17, 15) is 17.6 Å². The Morgan fingerprint density at radius 3 is 2.00 bits per heavy atom.